The molecule has 0 radical (unpaired) electrons. The van der Waals surface area contributed by atoms with Gasteiger partial charge < -0.3 is 5.32 Å². The van der Waals surface area contributed by atoms with E-state index in [2.05, 4.69) is 65.3 Å². The van der Waals surface area contributed by atoms with E-state index in [0.717, 1.165) is 63.4 Å². The second-order valence-electron chi connectivity index (χ2n) is 17.6. The summed E-state index contributed by atoms with van der Waals surface area (Å²) in [5.74, 6) is 0.803. The summed E-state index contributed by atoms with van der Waals surface area (Å²) >= 11 is 0. The van der Waals surface area contributed by atoms with E-state index in [-0.39, 0.29) is 56.8 Å². The van der Waals surface area contributed by atoms with Crippen molar-refractivity contribution >= 4 is 17.6 Å². The number of benzene rings is 1. The molecule has 246 valence electrons. The van der Waals surface area contributed by atoms with E-state index in [1.165, 1.54) is 5.57 Å². The zero-order chi connectivity index (χ0) is 32.6. The minimum atomic E-state index is -0.559. The molecule has 0 aliphatic heterocycles. The maximum Gasteiger partial charge on any atom is 0.249 e. The maximum absolute atomic E-state index is 14.7. The minimum absolute atomic E-state index is 0.0346. The number of ketones is 1. The third-order valence-corrected chi connectivity index (χ3v) is 14.8. The van der Waals surface area contributed by atoms with Gasteiger partial charge in [0.1, 0.15) is 0 Å². The largest absolute Gasteiger partial charge is 0.353 e. The van der Waals surface area contributed by atoms with Gasteiger partial charge in [0.05, 0.1) is 6.61 Å². The summed E-state index contributed by atoms with van der Waals surface area (Å²) in [6.45, 7) is 18.4. The molecule has 0 aromatic heterocycles. The van der Waals surface area contributed by atoms with Gasteiger partial charge >= 0.3 is 0 Å². The van der Waals surface area contributed by atoms with Gasteiger partial charge in [-0.25, -0.2) is 5.48 Å². The summed E-state index contributed by atoms with van der Waals surface area (Å²) in [4.78, 5) is 46.2. The second kappa shape index (κ2) is 10.8. The molecule has 6 nitrogen and oxygen atoms in total. The molecule has 0 spiro atoms. The summed E-state index contributed by atoms with van der Waals surface area (Å²) in [7, 11) is 0. The van der Waals surface area contributed by atoms with Crippen LogP contribution in [0.25, 0.3) is 0 Å². The number of hydrogen-bond donors (Lipinski definition) is 2. The molecule has 1 unspecified atom stereocenters. The van der Waals surface area contributed by atoms with E-state index in [0.29, 0.717) is 18.3 Å². The first-order valence-electron chi connectivity index (χ1n) is 17.5. The summed E-state index contributed by atoms with van der Waals surface area (Å²) in [5, 5.41) is 3.26. The monoisotopic (exact) mass is 616 g/mol. The van der Waals surface area contributed by atoms with Crippen LogP contribution in [0.2, 0.25) is 0 Å². The van der Waals surface area contributed by atoms with Gasteiger partial charge in [0.15, 0.2) is 5.78 Å². The molecule has 4 fully saturated rings. The SMILES string of the molecule is CC(=O)N[C@H]1CC[C@@]2(C)C(CC[C@]3(C)[C@@H]2C(=O)C=C2[C@@H]4C[C@@](C)(C(=O)NOCc5ccccc5)CC[C@]4(C)CC[C@]23C)C1(C)C. The number of fused-ring (bicyclic) bond motifs is 7. The second-order valence-corrected chi connectivity index (χ2v) is 17.6. The Kier molecular flexibility index (Phi) is 7.78. The summed E-state index contributed by atoms with van der Waals surface area (Å²) in [6.07, 6.45) is 10.8. The normalized spacial score (nSPS) is 43.5. The molecule has 9 atom stereocenters. The average molecular weight is 617 g/mol. The summed E-state index contributed by atoms with van der Waals surface area (Å²) < 4.78 is 0. The van der Waals surface area contributed by atoms with Crippen molar-refractivity contribution in [3.05, 3.63) is 47.5 Å². The lowest BCUT2D eigenvalue weighted by Crippen LogP contribution is -2.67. The Morgan fingerprint density at radius 1 is 0.889 bits per heavy atom. The van der Waals surface area contributed by atoms with Crippen LogP contribution in [-0.2, 0) is 25.8 Å². The maximum atomic E-state index is 14.7. The molecule has 0 bridgehead atoms. The van der Waals surface area contributed by atoms with Gasteiger partial charge in [0.2, 0.25) is 11.8 Å². The first-order valence-corrected chi connectivity index (χ1v) is 17.5. The van der Waals surface area contributed by atoms with Crippen molar-refractivity contribution in [3.63, 3.8) is 0 Å². The Morgan fingerprint density at radius 3 is 2.27 bits per heavy atom. The Balaban J connectivity index is 1.29. The molecular weight excluding hydrogens is 560 g/mol. The number of hydroxylamine groups is 1. The Bertz CT molecular complexity index is 1400. The number of nitrogens with one attached hydrogen (secondary N) is 2. The molecule has 2 N–H and O–H groups in total. The van der Waals surface area contributed by atoms with E-state index in [1.54, 1.807) is 6.92 Å². The predicted molar refractivity (Wildman–Crippen MR) is 176 cm³/mol. The van der Waals surface area contributed by atoms with Crippen molar-refractivity contribution in [1.82, 2.24) is 10.8 Å². The van der Waals surface area contributed by atoms with Crippen molar-refractivity contribution < 1.29 is 19.2 Å². The Labute approximate surface area is 270 Å². The smallest absolute Gasteiger partial charge is 0.249 e. The molecule has 4 saturated carbocycles. The van der Waals surface area contributed by atoms with Crippen molar-refractivity contribution in [3.8, 4) is 0 Å². The Morgan fingerprint density at radius 2 is 1.58 bits per heavy atom. The highest BCUT2D eigenvalue weighted by molar-refractivity contribution is 5.95. The average Bonchev–Trinajstić information content (AvgIpc) is 2.97. The third kappa shape index (κ3) is 4.86. The zero-order valence-electron chi connectivity index (χ0n) is 29.0. The van der Waals surface area contributed by atoms with E-state index in [4.69, 9.17) is 4.84 Å². The van der Waals surface area contributed by atoms with Gasteiger partial charge in [0, 0.05) is 24.3 Å². The highest BCUT2D eigenvalue weighted by Gasteiger charge is 2.70. The van der Waals surface area contributed by atoms with Gasteiger partial charge in [-0.05, 0) is 108 Å². The van der Waals surface area contributed by atoms with Gasteiger partial charge in [0.25, 0.3) is 0 Å². The minimum Gasteiger partial charge on any atom is -0.353 e. The molecule has 5 aliphatic carbocycles. The van der Waals surface area contributed by atoms with E-state index in [1.807, 2.05) is 30.3 Å². The molecule has 6 heteroatoms. The van der Waals surface area contributed by atoms with Gasteiger partial charge in [-0.3, -0.25) is 19.2 Å². The van der Waals surface area contributed by atoms with E-state index >= 15 is 0 Å². The lowest BCUT2D eigenvalue weighted by Gasteiger charge is -2.70. The Hall–Kier alpha value is -2.47. The molecule has 1 aromatic carbocycles. The van der Waals surface area contributed by atoms with Crippen LogP contribution in [0.15, 0.2) is 42.0 Å². The van der Waals surface area contributed by atoms with Crippen LogP contribution < -0.4 is 10.8 Å². The lowest BCUT2D eigenvalue weighted by atomic mass is 9.33. The molecular formula is C39H56N2O4. The van der Waals surface area contributed by atoms with Crippen LogP contribution >= 0.6 is 0 Å². The van der Waals surface area contributed by atoms with Crippen molar-refractivity contribution in [2.75, 3.05) is 0 Å². The molecule has 45 heavy (non-hydrogen) atoms. The van der Waals surface area contributed by atoms with Crippen LogP contribution in [0.1, 0.15) is 119 Å². The first kappa shape index (κ1) is 32.5. The van der Waals surface area contributed by atoms with Crippen LogP contribution in [-0.4, -0.2) is 23.6 Å². The number of rotatable bonds is 5. The standard InChI is InChI=1S/C39H56N2O4/c1-25(42)40-31-15-16-37(6)30(34(31,2)3)14-17-39(8)32(37)29(43)22-27-28-23-36(5,19-18-35(28,4)20-21-38(27,39)7)33(44)41-45-24-26-12-10-9-11-13-26/h9-13,22,28,30-32H,14-21,23-24H2,1-8H3,(H,40,42)(H,41,44)/t28-,30?,31-,32+,35+,36-,37-,38+,39+/m0/s1. The summed E-state index contributed by atoms with van der Waals surface area (Å²) in [6, 6.07) is 10.0. The fourth-order valence-electron chi connectivity index (χ4n) is 11.8. The van der Waals surface area contributed by atoms with E-state index < -0.39 is 5.41 Å². The zero-order valence-corrected chi connectivity index (χ0v) is 29.0. The van der Waals surface area contributed by atoms with Gasteiger partial charge in [-0.1, -0.05) is 84.4 Å². The molecule has 2 amide bonds. The van der Waals surface area contributed by atoms with Crippen molar-refractivity contribution in [1.29, 1.82) is 0 Å². The number of allylic oxidation sites excluding steroid dienone is 2. The van der Waals surface area contributed by atoms with Crippen LogP contribution in [0.3, 0.4) is 0 Å². The quantitative estimate of drug-likeness (QED) is 0.332. The van der Waals surface area contributed by atoms with E-state index in [9.17, 15) is 14.4 Å². The number of amides is 2. The third-order valence-electron chi connectivity index (χ3n) is 14.8. The summed E-state index contributed by atoms with van der Waals surface area (Å²) in [5.41, 5.74) is 4.21. The topological polar surface area (TPSA) is 84.5 Å². The van der Waals surface area contributed by atoms with Crippen LogP contribution in [0.4, 0.5) is 0 Å². The number of hydrogen-bond acceptors (Lipinski definition) is 4. The van der Waals surface area contributed by atoms with Crippen molar-refractivity contribution in [2.45, 2.75) is 126 Å². The number of carbonyl (C=O) groups is 3. The van der Waals surface area contributed by atoms with Crippen LogP contribution in [0.5, 0.6) is 0 Å². The highest BCUT2D eigenvalue weighted by Crippen LogP contribution is 2.75. The molecule has 1 aromatic rings. The lowest BCUT2D eigenvalue weighted by molar-refractivity contribution is -0.189. The molecule has 0 heterocycles. The molecule has 5 aliphatic rings. The van der Waals surface area contributed by atoms with Gasteiger partial charge in [-0.2, -0.15) is 0 Å². The fraction of sp³-hybridized carbons (Fsp3) is 0.718. The van der Waals surface area contributed by atoms with Crippen LogP contribution in [0, 0.1) is 50.2 Å². The van der Waals surface area contributed by atoms with Gasteiger partial charge in [-0.15, -0.1) is 0 Å². The molecule has 6 rings (SSSR count). The predicted octanol–water partition coefficient (Wildman–Crippen LogP) is 7.72. The highest BCUT2D eigenvalue weighted by atomic mass is 16.6. The first-order chi connectivity index (χ1) is 21.0. The van der Waals surface area contributed by atoms with Crippen molar-refractivity contribution in [2.24, 2.45) is 50.2 Å². The molecule has 0 saturated heterocycles. The number of carbonyl (C=O) groups excluding carboxylic acids is 3. The fourth-order valence-corrected chi connectivity index (χ4v) is 11.8.